The number of nitrogens with zero attached hydrogens (tertiary/aromatic N) is 2. The first-order chi connectivity index (χ1) is 14.8. The molecule has 3 rings (SSSR count). The van der Waals surface area contributed by atoms with E-state index in [2.05, 4.69) is 5.32 Å². The number of aryl methyl sites for hydroxylation is 3. The normalized spacial score (nSPS) is 11.3. The molecule has 1 amide bonds. The Balaban J connectivity index is 1.55. The first-order valence-electron chi connectivity index (χ1n) is 10.4. The average molecular weight is 460 g/mol. The molecule has 166 valence electrons. The predicted octanol–water partition coefficient (Wildman–Crippen LogP) is 4.64. The monoisotopic (exact) mass is 459 g/mol. The summed E-state index contributed by atoms with van der Waals surface area (Å²) in [6.07, 6.45) is 0.721. The fourth-order valence-corrected chi connectivity index (χ4v) is 5.25. The highest BCUT2D eigenvalue weighted by Crippen LogP contribution is 2.29. The first kappa shape index (κ1) is 23.3. The molecule has 0 atom stereocenters. The van der Waals surface area contributed by atoms with E-state index in [1.165, 1.54) is 23.1 Å². The van der Waals surface area contributed by atoms with Crippen molar-refractivity contribution in [2.75, 3.05) is 18.9 Å². The van der Waals surface area contributed by atoms with Crippen LogP contribution >= 0.6 is 23.1 Å². The number of aromatic nitrogens is 2. The van der Waals surface area contributed by atoms with E-state index in [0.29, 0.717) is 23.7 Å². The molecule has 0 aliphatic carbocycles. The van der Waals surface area contributed by atoms with Crippen LogP contribution < -0.4 is 15.6 Å². The molecule has 8 heteroatoms. The Morgan fingerprint density at radius 1 is 1.29 bits per heavy atom. The van der Waals surface area contributed by atoms with Gasteiger partial charge in [-0.1, -0.05) is 23.9 Å². The summed E-state index contributed by atoms with van der Waals surface area (Å²) in [5.41, 5.74) is 2.12. The molecular weight excluding hydrogens is 430 g/mol. The molecule has 0 saturated carbocycles. The number of hydrogen-bond acceptors (Lipinski definition) is 6. The van der Waals surface area contributed by atoms with Gasteiger partial charge in [0.05, 0.1) is 17.7 Å². The van der Waals surface area contributed by atoms with Crippen LogP contribution in [-0.4, -0.2) is 34.4 Å². The van der Waals surface area contributed by atoms with Crippen LogP contribution in [0.1, 0.15) is 42.3 Å². The van der Waals surface area contributed by atoms with Crippen LogP contribution in [0.25, 0.3) is 10.2 Å². The van der Waals surface area contributed by atoms with E-state index in [1.54, 1.807) is 4.57 Å². The van der Waals surface area contributed by atoms with Crippen molar-refractivity contribution in [3.8, 4) is 5.75 Å². The number of thiophene rings is 1. The molecule has 1 N–H and O–H groups in total. The lowest BCUT2D eigenvalue weighted by Gasteiger charge is -2.15. The van der Waals surface area contributed by atoms with Crippen LogP contribution in [-0.2, 0) is 4.79 Å². The van der Waals surface area contributed by atoms with E-state index in [-0.39, 0.29) is 23.3 Å². The van der Waals surface area contributed by atoms with Crippen molar-refractivity contribution in [3.05, 3.63) is 50.6 Å². The number of nitrogens with one attached hydrogen (secondary N) is 1. The van der Waals surface area contributed by atoms with Gasteiger partial charge in [-0.2, -0.15) is 0 Å². The maximum Gasteiger partial charge on any atom is 0.263 e. The fourth-order valence-electron chi connectivity index (χ4n) is 3.22. The lowest BCUT2D eigenvalue weighted by Crippen LogP contribution is -2.28. The van der Waals surface area contributed by atoms with Gasteiger partial charge < -0.3 is 10.1 Å². The number of thioether (sulfide) groups is 1. The summed E-state index contributed by atoms with van der Waals surface area (Å²) < 4.78 is 7.39. The average Bonchev–Trinajstić information content (AvgIpc) is 2.99. The summed E-state index contributed by atoms with van der Waals surface area (Å²) in [5.74, 6) is 0.977. The quantitative estimate of drug-likeness (QED) is 0.287. The molecule has 0 fully saturated rings. The van der Waals surface area contributed by atoms with E-state index in [0.717, 1.165) is 33.0 Å². The first-order valence-corrected chi connectivity index (χ1v) is 12.2. The molecule has 1 aromatic carbocycles. The van der Waals surface area contributed by atoms with Crippen molar-refractivity contribution in [1.82, 2.24) is 14.9 Å². The van der Waals surface area contributed by atoms with Gasteiger partial charge in [-0.05, 0) is 64.3 Å². The number of amides is 1. The van der Waals surface area contributed by atoms with E-state index in [4.69, 9.17) is 9.72 Å². The highest BCUT2D eigenvalue weighted by Gasteiger charge is 2.19. The van der Waals surface area contributed by atoms with Crippen molar-refractivity contribution in [1.29, 1.82) is 0 Å². The van der Waals surface area contributed by atoms with Crippen LogP contribution in [0.4, 0.5) is 0 Å². The minimum absolute atomic E-state index is 0.0296. The SMILES string of the molecule is Cc1cccc(OCCCNC(=O)CSc2nc3sc(C)c(C)c3c(=O)n2C(C)C)c1. The number of carbonyl (C=O) groups excluding carboxylic acids is 1. The maximum atomic E-state index is 13.1. The van der Waals surface area contributed by atoms with Gasteiger partial charge in [0.1, 0.15) is 10.6 Å². The van der Waals surface area contributed by atoms with E-state index >= 15 is 0 Å². The summed E-state index contributed by atoms with van der Waals surface area (Å²) >= 11 is 2.83. The molecule has 2 aromatic heterocycles. The fraction of sp³-hybridized carbons (Fsp3) is 0.435. The van der Waals surface area contributed by atoms with Gasteiger partial charge in [-0.25, -0.2) is 4.98 Å². The van der Waals surface area contributed by atoms with Gasteiger partial charge in [-0.3, -0.25) is 14.2 Å². The number of fused-ring (bicyclic) bond motifs is 1. The van der Waals surface area contributed by atoms with Gasteiger partial charge in [0.2, 0.25) is 5.91 Å². The Morgan fingerprint density at radius 3 is 2.77 bits per heavy atom. The highest BCUT2D eigenvalue weighted by atomic mass is 32.2. The molecule has 0 bridgehead atoms. The van der Waals surface area contributed by atoms with Crippen molar-refractivity contribution in [2.45, 2.75) is 52.2 Å². The van der Waals surface area contributed by atoms with Crippen LogP contribution in [0, 0.1) is 20.8 Å². The summed E-state index contributed by atoms with van der Waals surface area (Å²) in [4.78, 5) is 31.9. The molecule has 0 radical (unpaired) electrons. The molecular formula is C23H29N3O3S2. The molecule has 0 aliphatic rings. The van der Waals surface area contributed by atoms with Gasteiger partial charge >= 0.3 is 0 Å². The molecule has 0 unspecified atom stereocenters. The second-order valence-electron chi connectivity index (χ2n) is 7.78. The zero-order valence-electron chi connectivity index (χ0n) is 18.7. The lowest BCUT2D eigenvalue weighted by molar-refractivity contribution is -0.118. The molecule has 31 heavy (non-hydrogen) atoms. The van der Waals surface area contributed by atoms with Crippen LogP contribution in [0.3, 0.4) is 0 Å². The molecule has 2 heterocycles. The third kappa shape index (κ3) is 5.68. The van der Waals surface area contributed by atoms with Crippen molar-refractivity contribution < 1.29 is 9.53 Å². The summed E-state index contributed by atoms with van der Waals surface area (Å²) in [6.45, 7) is 11.0. The van der Waals surface area contributed by atoms with Crippen molar-refractivity contribution in [3.63, 3.8) is 0 Å². The zero-order chi connectivity index (χ0) is 22.5. The smallest absolute Gasteiger partial charge is 0.263 e. The molecule has 0 spiro atoms. The summed E-state index contributed by atoms with van der Waals surface area (Å²) in [5, 5.41) is 4.19. The molecule has 3 aromatic rings. The number of benzene rings is 1. The van der Waals surface area contributed by atoms with Crippen LogP contribution in [0.5, 0.6) is 5.75 Å². The summed E-state index contributed by atoms with van der Waals surface area (Å²) in [7, 11) is 0. The van der Waals surface area contributed by atoms with Crippen molar-refractivity contribution in [2.24, 2.45) is 0 Å². The van der Waals surface area contributed by atoms with Gasteiger partial charge in [-0.15, -0.1) is 11.3 Å². The van der Waals surface area contributed by atoms with E-state index in [9.17, 15) is 9.59 Å². The molecule has 0 aliphatic heterocycles. The number of rotatable bonds is 9. The predicted molar refractivity (Wildman–Crippen MR) is 129 cm³/mol. The number of carbonyl (C=O) groups is 1. The Bertz CT molecular complexity index is 1140. The third-order valence-electron chi connectivity index (χ3n) is 4.95. The Kier molecular flexibility index (Phi) is 7.78. The highest BCUT2D eigenvalue weighted by molar-refractivity contribution is 7.99. The standard InChI is InChI=1S/C23H29N3O3S2/c1-14(2)26-22(28)20-16(4)17(5)31-21(20)25-23(26)30-13-19(27)24-10-7-11-29-18-9-6-8-15(3)12-18/h6,8-9,12,14H,7,10-11,13H2,1-5H3,(H,24,27). The van der Waals surface area contributed by atoms with Gasteiger partial charge in [0, 0.05) is 17.5 Å². The molecule has 0 saturated heterocycles. The maximum absolute atomic E-state index is 13.1. The van der Waals surface area contributed by atoms with E-state index in [1.807, 2.05) is 58.9 Å². The Hall–Kier alpha value is -2.32. The number of ether oxygens (including phenoxy) is 1. The lowest BCUT2D eigenvalue weighted by atomic mass is 10.2. The van der Waals surface area contributed by atoms with E-state index < -0.39 is 0 Å². The zero-order valence-corrected chi connectivity index (χ0v) is 20.3. The topological polar surface area (TPSA) is 73.2 Å². The minimum atomic E-state index is -0.0799. The van der Waals surface area contributed by atoms with Gasteiger partial charge in [0.15, 0.2) is 5.16 Å². The largest absolute Gasteiger partial charge is 0.494 e. The minimum Gasteiger partial charge on any atom is -0.494 e. The number of hydrogen-bond donors (Lipinski definition) is 1. The second kappa shape index (κ2) is 10.3. The molecule has 6 nitrogen and oxygen atoms in total. The van der Waals surface area contributed by atoms with Crippen molar-refractivity contribution >= 4 is 39.2 Å². The van der Waals surface area contributed by atoms with Gasteiger partial charge in [0.25, 0.3) is 5.56 Å². The second-order valence-corrected chi connectivity index (χ2v) is 9.93. The van der Waals surface area contributed by atoms with Crippen LogP contribution in [0.2, 0.25) is 0 Å². The Morgan fingerprint density at radius 2 is 2.06 bits per heavy atom. The Labute approximate surface area is 191 Å². The van der Waals surface area contributed by atoms with Crippen LogP contribution in [0.15, 0.2) is 34.2 Å². The summed E-state index contributed by atoms with van der Waals surface area (Å²) in [6, 6.07) is 7.87. The third-order valence-corrected chi connectivity index (χ3v) is 7.01.